The van der Waals surface area contributed by atoms with Gasteiger partial charge in [0.15, 0.2) is 0 Å². The van der Waals surface area contributed by atoms with Crippen LogP contribution in [0.2, 0.25) is 0 Å². The van der Waals surface area contributed by atoms with Gasteiger partial charge in [-0.2, -0.15) is 0 Å². The normalized spacial score (nSPS) is 27.7. The molecule has 0 aromatic carbocycles. The summed E-state index contributed by atoms with van der Waals surface area (Å²) in [5, 5.41) is 6.95. The SMILES string of the molecule is CC1CC1CNCCNC(C)(C)C. The first-order valence-electron chi connectivity index (χ1n) is 5.45. The van der Waals surface area contributed by atoms with Crippen molar-refractivity contribution in [1.29, 1.82) is 0 Å². The molecule has 0 spiro atoms. The lowest BCUT2D eigenvalue weighted by Crippen LogP contribution is -2.40. The largest absolute Gasteiger partial charge is 0.315 e. The maximum Gasteiger partial charge on any atom is 0.00970 e. The number of hydrogen-bond acceptors (Lipinski definition) is 2. The van der Waals surface area contributed by atoms with Crippen molar-refractivity contribution in [3.05, 3.63) is 0 Å². The minimum atomic E-state index is 0.258. The smallest absolute Gasteiger partial charge is 0.00970 e. The molecule has 2 heteroatoms. The minimum absolute atomic E-state index is 0.258. The monoisotopic (exact) mass is 184 g/mol. The van der Waals surface area contributed by atoms with E-state index in [-0.39, 0.29) is 5.54 Å². The molecule has 78 valence electrons. The molecule has 1 rings (SSSR count). The van der Waals surface area contributed by atoms with Gasteiger partial charge in [0.05, 0.1) is 0 Å². The summed E-state index contributed by atoms with van der Waals surface area (Å²) >= 11 is 0. The Morgan fingerprint density at radius 2 is 1.85 bits per heavy atom. The number of rotatable bonds is 5. The van der Waals surface area contributed by atoms with Gasteiger partial charge in [-0.15, -0.1) is 0 Å². The van der Waals surface area contributed by atoms with Crippen LogP contribution in [-0.2, 0) is 0 Å². The summed E-state index contributed by atoms with van der Waals surface area (Å²) in [6.07, 6.45) is 1.43. The highest BCUT2D eigenvalue weighted by molar-refractivity contribution is 4.84. The van der Waals surface area contributed by atoms with Crippen LogP contribution in [0.5, 0.6) is 0 Å². The third kappa shape index (κ3) is 5.27. The second kappa shape index (κ2) is 4.43. The molecule has 1 aliphatic rings. The van der Waals surface area contributed by atoms with Crippen molar-refractivity contribution in [3.8, 4) is 0 Å². The number of nitrogens with one attached hydrogen (secondary N) is 2. The third-order valence-electron chi connectivity index (χ3n) is 2.64. The van der Waals surface area contributed by atoms with Crippen molar-refractivity contribution in [2.75, 3.05) is 19.6 Å². The summed E-state index contributed by atoms with van der Waals surface area (Å²) in [7, 11) is 0. The second-order valence-corrected chi connectivity index (χ2v) is 5.35. The van der Waals surface area contributed by atoms with Crippen molar-refractivity contribution in [2.45, 2.75) is 39.7 Å². The van der Waals surface area contributed by atoms with Gasteiger partial charge < -0.3 is 10.6 Å². The predicted molar refractivity (Wildman–Crippen MR) is 57.9 cm³/mol. The van der Waals surface area contributed by atoms with Crippen molar-refractivity contribution in [3.63, 3.8) is 0 Å². The molecule has 0 heterocycles. The zero-order chi connectivity index (χ0) is 9.90. The first-order chi connectivity index (χ1) is 5.99. The zero-order valence-corrected chi connectivity index (χ0v) is 9.48. The molecule has 0 aromatic heterocycles. The van der Waals surface area contributed by atoms with Crippen LogP contribution in [0.25, 0.3) is 0 Å². The molecule has 1 saturated carbocycles. The molecule has 2 unspecified atom stereocenters. The molecule has 0 aliphatic heterocycles. The molecule has 0 saturated heterocycles. The van der Waals surface area contributed by atoms with E-state index in [2.05, 4.69) is 38.3 Å². The van der Waals surface area contributed by atoms with E-state index in [0.29, 0.717) is 0 Å². The van der Waals surface area contributed by atoms with Gasteiger partial charge in [0, 0.05) is 18.6 Å². The summed E-state index contributed by atoms with van der Waals surface area (Å²) in [4.78, 5) is 0. The Morgan fingerprint density at radius 1 is 1.23 bits per heavy atom. The lowest BCUT2D eigenvalue weighted by Gasteiger charge is -2.20. The fraction of sp³-hybridized carbons (Fsp3) is 1.00. The second-order valence-electron chi connectivity index (χ2n) is 5.35. The van der Waals surface area contributed by atoms with Crippen LogP contribution in [0, 0.1) is 11.8 Å². The summed E-state index contributed by atoms with van der Waals surface area (Å²) in [5.74, 6) is 1.94. The summed E-state index contributed by atoms with van der Waals surface area (Å²) in [5.41, 5.74) is 0.258. The first kappa shape index (κ1) is 11.0. The van der Waals surface area contributed by atoms with Gasteiger partial charge in [-0.25, -0.2) is 0 Å². The molecule has 13 heavy (non-hydrogen) atoms. The molecule has 0 radical (unpaired) electrons. The van der Waals surface area contributed by atoms with Crippen molar-refractivity contribution >= 4 is 0 Å². The van der Waals surface area contributed by atoms with E-state index in [9.17, 15) is 0 Å². The summed E-state index contributed by atoms with van der Waals surface area (Å²) < 4.78 is 0. The topological polar surface area (TPSA) is 24.1 Å². The Balaban J connectivity index is 1.84. The van der Waals surface area contributed by atoms with Gasteiger partial charge in [-0.3, -0.25) is 0 Å². The third-order valence-corrected chi connectivity index (χ3v) is 2.64. The molecule has 0 amide bonds. The Labute approximate surface area is 82.5 Å². The van der Waals surface area contributed by atoms with Crippen molar-refractivity contribution in [2.24, 2.45) is 11.8 Å². The highest BCUT2D eigenvalue weighted by atomic mass is 15.0. The Morgan fingerprint density at radius 3 is 2.31 bits per heavy atom. The molecule has 1 aliphatic carbocycles. The van der Waals surface area contributed by atoms with Crippen LogP contribution >= 0.6 is 0 Å². The van der Waals surface area contributed by atoms with E-state index in [1.807, 2.05) is 0 Å². The van der Waals surface area contributed by atoms with E-state index >= 15 is 0 Å². The summed E-state index contributed by atoms with van der Waals surface area (Å²) in [6, 6.07) is 0. The van der Waals surface area contributed by atoms with Crippen LogP contribution in [-0.4, -0.2) is 25.2 Å². The molecular weight excluding hydrogens is 160 g/mol. The van der Waals surface area contributed by atoms with E-state index in [1.54, 1.807) is 0 Å². The fourth-order valence-corrected chi connectivity index (χ4v) is 1.50. The molecule has 0 aromatic rings. The van der Waals surface area contributed by atoms with Gasteiger partial charge in [0.2, 0.25) is 0 Å². The predicted octanol–water partition coefficient (Wildman–Crippen LogP) is 1.62. The van der Waals surface area contributed by atoms with Gasteiger partial charge >= 0.3 is 0 Å². The van der Waals surface area contributed by atoms with E-state index < -0.39 is 0 Å². The molecule has 2 N–H and O–H groups in total. The maximum absolute atomic E-state index is 3.49. The Kier molecular flexibility index (Phi) is 3.74. The Bertz CT molecular complexity index is 149. The lowest BCUT2D eigenvalue weighted by molar-refractivity contribution is 0.420. The maximum atomic E-state index is 3.49. The van der Waals surface area contributed by atoms with E-state index in [1.165, 1.54) is 13.0 Å². The van der Waals surface area contributed by atoms with Crippen molar-refractivity contribution < 1.29 is 0 Å². The average Bonchev–Trinajstić information content (AvgIpc) is 2.63. The lowest BCUT2D eigenvalue weighted by atomic mass is 10.1. The van der Waals surface area contributed by atoms with Crippen LogP contribution in [0.15, 0.2) is 0 Å². The van der Waals surface area contributed by atoms with E-state index in [0.717, 1.165) is 24.9 Å². The van der Waals surface area contributed by atoms with Gasteiger partial charge in [0.25, 0.3) is 0 Å². The Hall–Kier alpha value is -0.0800. The van der Waals surface area contributed by atoms with Crippen LogP contribution < -0.4 is 10.6 Å². The summed E-state index contributed by atoms with van der Waals surface area (Å²) in [6.45, 7) is 12.3. The minimum Gasteiger partial charge on any atom is -0.315 e. The molecule has 1 fully saturated rings. The molecule has 0 bridgehead atoms. The van der Waals surface area contributed by atoms with Crippen LogP contribution in [0.3, 0.4) is 0 Å². The first-order valence-corrected chi connectivity index (χ1v) is 5.45. The standard InChI is InChI=1S/C11H24N2/c1-9-7-10(9)8-12-5-6-13-11(2,3)4/h9-10,12-13H,5-8H2,1-4H3. The van der Waals surface area contributed by atoms with Gasteiger partial charge in [-0.05, 0) is 45.6 Å². The molecule has 2 nitrogen and oxygen atoms in total. The molecule has 2 atom stereocenters. The average molecular weight is 184 g/mol. The highest BCUT2D eigenvalue weighted by Crippen LogP contribution is 2.36. The fourth-order valence-electron chi connectivity index (χ4n) is 1.50. The van der Waals surface area contributed by atoms with Gasteiger partial charge in [-0.1, -0.05) is 6.92 Å². The van der Waals surface area contributed by atoms with Gasteiger partial charge in [0.1, 0.15) is 0 Å². The number of hydrogen-bond donors (Lipinski definition) is 2. The van der Waals surface area contributed by atoms with Crippen LogP contribution in [0.4, 0.5) is 0 Å². The highest BCUT2D eigenvalue weighted by Gasteiger charge is 2.31. The zero-order valence-electron chi connectivity index (χ0n) is 9.48. The van der Waals surface area contributed by atoms with E-state index in [4.69, 9.17) is 0 Å². The van der Waals surface area contributed by atoms with Crippen molar-refractivity contribution in [1.82, 2.24) is 10.6 Å². The quantitative estimate of drug-likeness (QED) is 0.634. The van der Waals surface area contributed by atoms with Crippen LogP contribution in [0.1, 0.15) is 34.1 Å². The molecular formula is C11H24N2.